The molecule has 1 atom stereocenters. The Balaban J connectivity index is 1.12. The molecule has 3 aromatic carbocycles. The fraction of sp³-hybridized carbons (Fsp3) is 0.296. The number of hydrogen-bond acceptors (Lipinski definition) is 3. The third-order valence-corrected chi connectivity index (χ3v) is 6.56. The van der Waals surface area contributed by atoms with Gasteiger partial charge in [0.1, 0.15) is 57.7 Å². The molecule has 0 bridgehead atoms. The highest BCUT2D eigenvalue weighted by Crippen LogP contribution is 2.36. The van der Waals surface area contributed by atoms with Crippen LogP contribution in [0.3, 0.4) is 0 Å². The molecule has 1 aliphatic carbocycles. The number of rotatable bonds is 7. The maximum atomic E-state index is 10.5. The van der Waals surface area contributed by atoms with Crippen LogP contribution in [-0.2, 0) is 11.4 Å². The Kier molecular flexibility index (Phi) is 6.30. The predicted molar refractivity (Wildman–Crippen MR) is 126 cm³/mol. The zero-order valence-electron chi connectivity index (χ0n) is 18.3. The minimum absolute atomic E-state index is 0.220. The molecule has 5 heteroatoms. The number of oxime groups is 1. The summed E-state index contributed by atoms with van der Waals surface area (Å²) in [4.78, 5) is 8.72. The highest BCUT2D eigenvalue weighted by atomic mass is 16.6. The standard InChI is InChI=1S/C27H29N3O2/c31-22(19-30-16-14-29(15-17-30)18-21-8-2-1-3-9-21)20-32-28-27-25-12-6-4-10-23(25)24-11-5-7-13-26(24)27/h1-13,22,31H,14-20H2/p+2/t22-/m1/s1. The molecule has 32 heavy (non-hydrogen) atoms. The van der Waals surface area contributed by atoms with Crippen LogP contribution in [0.5, 0.6) is 0 Å². The summed E-state index contributed by atoms with van der Waals surface area (Å²) < 4.78 is 0. The molecule has 3 aromatic rings. The van der Waals surface area contributed by atoms with Gasteiger partial charge in [-0.1, -0.05) is 84.0 Å². The number of quaternary nitrogens is 2. The Bertz CT molecular complexity index is 1030. The molecule has 0 unspecified atom stereocenters. The van der Waals surface area contributed by atoms with E-state index in [0.717, 1.165) is 49.6 Å². The third-order valence-electron chi connectivity index (χ3n) is 6.56. The molecule has 1 heterocycles. The Morgan fingerprint density at radius 3 is 1.88 bits per heavy atom. The summed E-state index contributed by atoms with van der Waals surface area (Å²) in [6.07, 6.45) is -0.517. The van der Waals surface area contributed by atoms with Gasteiger partial charge in [-0.25, -0.2) is 0 Å². The van der Waals surface area contributed by atoms with Crippen LogP contribution in [0.4, 0.5) is 0 Å². The van der Waals surface area contributed by atoms with Gasteiger partial charge in [-0.2, -0.15) is 0 Å². The number of nitrogens with zero attached hydrogens (tertiary/aromatic N) is 1. The number of hydrogen-bond donors (Lipinski definition) is 3. The average molecular weight is 430 g/mol. The molecule has 1 aliphatic heterocycles. The average Bonchev–Trinajstić information content (AvgIpc) is 3.15. The molecule has 3 N–H and O–H groups in total. The first kappa shape index (κ1) is 20.9. The number of fused-ring (bicyclic) bond motifs is 3. The molecule has 5 rings (SSSR count). The lowest BCUT2D eigenvalue weighted by Gasteiger charge is -2.30. The number of aliphatic hydroxyl groups excluding tert-OH is 1. The summed E-state index contributed by atoms with van der Waals surface area (Å²) in [6.45, 7) is 6.43. The Labute approximate surface area is 189 Å². The molecule has 0 radical (unpaired) electrons. The Morgan fingerprint density at radius 2 is 1.25 bits per heavy atom. The van der Waals surface area contributed by atoms with Crippen LogP contribution in [0.25, 0.3) is 11.1 Å². The van der Waals surface area contributed by atoms with Gasteiger partial charge in [-0.3, -0.25) is 0 Å². The maximum Gasteiger partial charge on any atom is 0.148 e. The van der Waals surface area contributed by atoms with Gasteiger partial charge in [-0.05, 0) is 11.1 Å². The summed E-state index contributed by atoms with van der Waals surface area (Å²) >= 11 is 0. The van der Waals surface area contributed by atoms with Crippen LogP contribution in [0, 0.1) is 0 Å². The molecule has 1 saturated heterocycles. The minimum Gasteiger partial charge on any atom is -0.392 e. The highest BCUT2D eigenvalue weighted by Gasteiger charge is 2.26. The van der Waals surface area contributed by atoms with Crippen molar-refractivity contribution >= 4 is 5.71 Å². The fourth-order valence-corrected chi connectivity index (χ4v) is 4.89. The van der Waals surface area contributed by atoms with E-state index in [-0.39, 0.29) is 6.61 Å². The van der Waals surface area contributed by atoms with E-state index < -0.39 is 6.10 Å². The van der Waals surface area contributed by atoms with Crippen molar-refractivity contribution in [1.29, 1.82) is 0 Å². The normalized spacial score (nSPS) is 20.3. The molecule has 0 saturated carbocycles. The smallest absolute Gasteiger partial charge is 0.148 e. The van der Waals surface area contributed by atoms with E-state index in [1.807, 2.05) is 24.3 Å². The lowest BCUT2D eigenvalue weighted by molar-refractivity contribution is -1.02. The molecule has 0 amide bonds. The van der Waals surface area contributed by atoms with E-state index in [1.165, 1.54) is 21.6 Å². The van der Waals surface area contributed by atoms with Crippen molar-refractivity contribution in [2.75, 3.05) is 39.3 Å². The topological polar surface area (TPSA) is 50.7 Å². The molecule has 164 valence electrons. The summed E-state index contributed by atoms with van der Waals surface area (Å²) in [5, 5.41) is 15.0. The van der Waals surface area contributed by atoms with Crippen LogP contribution in [0.15, 0.2) is 84.0 Å². The zero-order valence-corrected chi connectivity index (χ0v) is 18.3. The lowest BCUT2D eigenvalue weighted by Crippen LogP contribution is -3.28. The van der Waals surface area contributed by atoms with E-state index in [1.54, 1.807) is 4.90 Å². The molecular formula is C27H31N3O2+2. The number of benzene rings is 3. The monoisotopic (exact) mass is 429 g/mol. The molecular weight excluding hydrogens is 398 g/mol. The summed E-state index contributed by atoms with van der Waals surface area (Å²) in [5.41, 5.74) is 6.80. The second-order valence-electron chi connectivity index (χ2n) is 8.85. The second kappa shape index (κ2) is 9.65. The van der Waals surface area contributed by atoms with Crippen molar-refractivity contribution in [2.45, 2.75) is 12.6 Å². The van der Waals surface area contributed by atoms with Crippen molar-refractivity contribution in [3.05, 3.63) is 95.6 Å². The van der Waals surface area contributed by atoms with Gasteiger partial charge >= 0.3 is 0 Å². The van der Waals surface area contributed by atoms with Gasteiger partial charge < -0.3 is 19.7 Å². The summed E-state index contributed by atoms with van der Waals surface area (Å²) in [6, 6.07) is 27.2. The predicted octanol–water partition coefficient (Wildman–Crippen LogP) is 0.781. The van der Waals surface area contributed by atoms with Crippen molar-refractivity contribution in [3.63, 3.8) is 0 Å². The fourth-order valence-electron chi connectivity index (χ4n) is 4.89. The largest absolute Gasteiger partial charge is 0.392 e. The van der Waals surface area contributed by atoms with E-state index in [0.29, 0.717) is 6.54 Å². The SMILES string of the molecule is O[C@@H](CON=C1c2ccccc2-c2ccccc21)C[NH+]1CC[NH+](Cc2ccccc2)CC1. The zero-order chi connectivity index (χ0) is 21.8. The van der Waals surface area contributed by atoms with E-state index >= 15 is 0 Å². The third kappa shape index (κ3) is 4.60. The van der Waals surface area contributed by atoms with E-state index in [2.05, 4.69) is 59.8 Å². The van der Waals surface area contributed by atoms with Gasteiger partial charge in [0.2, 0.25) is 0 Å². The summed E-state index contributed by atoms with van der Waals surface area (Å²) in [7, 11) is 0. The first-order valence-corrected chi connectivity index (χ1v) is 11.6. The molecule has 5 nitrogen and oxygen atoms in total. The van der Waals surface area contributed by atoms with Gasteiger partial charge in [0, 0.05) is 16.7 Å². The van der Waals surface area contributed by atoms with Crippen molar-refractivity contribution < 1.29 is 19.7 Å². The molecule has 2 aliphatic rings. The second-order valence-corrected chi connectivity index (χ2v) is 8.85. The molecule has 0 spiro atoms. The molecule has 0 aromatic heterocycles. The van der Waals surface area contributed by atoms with E-state index in [9.17, 15) is 5.11 Å². The van der Waals surface area contributed by atoms with Crippen LogP contribution < -0.4 is 9.80 Å². The van der Waals surface area contributed by atoms with Crippen LogP contribution in [-0.4, -0.2) is 56.3 Å². The Hall–Kier alpha value is -2.99. The van der Waals surface area contributed by atoms with Gasteiger partial charge in [-0.15, -0.1) is 0 Å². The first-order valence-electron chi connectivity index (χ1n) is 11.6. The summed E-state index contributed by atoms with van der Waals surface area (Å²) in [5.74, 6) is 0. The van der Waals surface area contributed by atoms with Crippen LogP contribution in [0.2, 0.25) is 0 Å². The van der Waals surface area contributed by atoms with Crippen LogP contribution >= 0.6 is 0 Å². The molecule has 1 fully saturated rings. The van der Waals surface area contributed by atoms with Gasteiger partial charge in [0.05, 0.1) is 0 Å². The van der Waals surface area contributed by atoms with Crippen molar-refractivity contribution in [2.24, 2.45) is 5.16 Å². The van der Waals surface area contributed by atoms with Crippen molar-refractivity contribution in [1.82, 2.24) is 0 Å². The Morgan fingerprint density at radius 1 is 0.719 bits per heavy atom. The first-order chi connectivity index (χ1) is 15.8. The minimum atomic E-state index is -0.517. The van der Waals surface area contributed by atoms with Gasteiger partial charge in [0.25, 0.3) is 0 Å². The number of piperazine rings is 1. The van der Waals surface area contributed by atoms with Crippen molar-refractivity contribution in [3.8, 4) is 11.1 Å². The maximum absolute atomic E-state index is 10.5. The number of aliphatic hydroxyl groups is 1. The lowest BCUT2D eigenvalue weighted by atomic mass is 10.1. The number of nitrogens with one attached hydrogen (secondary N) is 2. The van der Waals surface area contributed by atoms with Gasteiger partial charge in [0.15, 0.2) is 0 Å². The van der Waals surface area contributed by atoms with E-state index in [4.69, 9.17) is 4.84 Å². The van der Waals surface area contributed by atoms with Crippen LogP contribution in [0.1, 0.15) is 16.7 Å². The highest BCUT2D eigenvalue weighted by molar-refractivity contribution is 6.24. The quantitative estimate of drug-likeness (QED) is 0.381.